The molecule has 1 atom stereocenters. The van der Waals surface area contributed by atoms with E-state index in [0.717, 1.165) is 37.1 Å². The Labute approximate surface area is 178 Å². The summed E-state index contributed by atoms with van der Waals surface area (Å²) in [5.74, 6) is 0. The molecule has 0 bridgehead atoms. The molecule has 2 aliphatic heterocycles. The summed E-state index contributed by atoms with van der Waals surface area (Å²) < 4.78 is 2.44. The van der Waals surface area contributed by atoms with Gasteiger partial charge in [-0.1, -0.05) is 12.5 Å². The molecule has 3 aliphatic rings. The second-order valence-electron chi connectivity index (χ2n) is 9.46. The second-order valence-corrected chi connectivity index (χ2v) is 9.46. The van der Waals surface area contributed by atoms with Gasteiger partial charge in [0.05, 0.1) is 0 Å². The van der Waals surface area contributed by atoms with Crippen molar-refractivity contribution in [3.8, 4) is 0 Å². The summed E-state index contributed by atoms with van der Waals surface area (Å²) >= 11 is 0. The van der Waals surface area contributed by atoms with Crippen molar-refractivity contribution in [1.82, 2.24) is 19.4 Å². The Kier molecular flexibility index (Phi) is 4.31. The van der Waals surface area contributed by atoms with Crippen LogP contribution in [0, 0.1) is 13.8 Å². The van der Waals surface area contributed by atoms with Gasteiger partial charge in [-0.15, -0.1) is 0 Å². The molecular weight excluding hydrogens is 368 g/mol. The first-order chi connectivity index (χ1) is 14.7. The second kappa shape index (κ2) is 7.05. The standard InChI is InChI=1S/C26H30N4/c1-17-12-22-23-16-29-11-4-3-7-20(29)13-25(23)30(26(22)27-14-17)15-19-6-5-8-24-21(19)10-9-18(2)28-24/h9-10,12,14-15,20H,3-8,11,13,16H2,1-2H3/b19-15+. The van der Waals surface area contributed by atoms with Crippen LogP contribution in [0.15, 0.2) is 24.4 Å². The molecule has 0 aromatic carbocycles. The molecule has 4 nitrogen and oxygen atoms in total. The summed E-state index contributed by atoms with van der Waals surface area (Å²) in [5.41, 5.74) is 10.5. The minimum absolute atomic E-state index is 0.691. The van der Waals surface area contributed by atoms with Crippen molar-refractivity contribution in [3.05, 3.63) is 58.2 Å². The molecule has 1 saturated heterocycles. The maximum absolute atomic E-state index is 4.92. The molecule has 0 amide bonds. The first-order valence-electron chi connectivity index (χ1n) is 11.6. The zero-order chi connectivity index (χ0) is 20.2. The third kappa shape index (κ3) is 2.92. The van der Waals surface area contributed by atoms with Gasteiger partial charge in [0.1, 0.15) is 5.65 Å². The lowest BCUT2D eigenvalue weighted by atomic mass is 9.90. The van der Waals surface area contributed by atoms with Crippen LogP contribution in [0.4, 0.5) is 0 Å². The lowest BCUT2D eigenvalue weighted by molar-refractivity contribution is 0.126. The summed E-state index contributed by atoms with van der Waals surface area (Å²) in [4.78, 5) is 12.5. The Bertz CT molecular complexity index is 1170. The van der Waals surface area contributed by atoms with Crippen LogP contribution in [0.3, 0.4) is 0 Å². The van der Waals surface area contributed by atoms with E-state index in [1.54, 1.807) is 0 Å². The van der Waals surface area contributed by atoms with Gasteiger partial charge in [0, 0.05) is 59.4 Å². The Balaban J connectivity index is 1.54. The number of nitrogens with zero attached hydrogens (tertiary/aromatic N) is 4. The number of aryl methyl sites for hydroxylation is 3. The highest BCUT2D eigenvalue weighted by molar-refractivity contribution is 5.88. The third-order valence-electron chi connectivity index (χ3n) is 7.34. The predicted molar refractivity (Wildman–Crippen MR) is 122 cm³/mol. The van der Waals surface area contributed by atoms with Crippen LogP contribution in [-0.2, 0) is 19.4 Å². The molecule has 1 fully saturated rings. The van der Waals surface area contributed by atoms with Gasteiger partial charge >= 0.3 is 0 Å². The van der Waals surface area contributed by atoms with E-state index in [4.69, 9.17) is 9.97 Å². The van der Waals surface area contributed by atoms with E-state index >= 15 is 0 Å². The maximum Gasteiger partial charge on any atom is 0.144 e. The monoisotopic (exact) mass is 398 g/mol. The van der Waals surface area contributed by atoms with Gasteiger partial charge in [0.15, 0.2) is 0 Å². The summed E-state index contributed by atoms with van der Waals surface area (Å²) in [5, 5.41) is 1.35. The quantitative estimate of drug-likeness (QED) is 0.558. The first kappa shape index (κ1) is 18.3. The van der Waals surface area contributed by atoms with Crippen molar-refractivity contribution in [3.63, 3.8) is 0 Å². The summed E-state index contributed by atoms with van der Waals surface area (Å²) in [6, 6.07) is 7.47. The molecule has 0 N–H and O–H groups in total. The number of rotatable bonds is 1. The average Bonchev–Trinajstić information content (AvgIpc) is 3.04. The van der Waals surface area contributed by atoms with Crippen LogP contribution in [-0.4, -0.2) is 32.0 Å². The van der Waals surface area contributed by atoms with Crippen molar-refractivity contribution in [2.24, 2.45) is 0 Å². The molecule has 0 radical (unpaired) electrons. The highest BCUT2D eigenvalue weighted by Gasteiger charge is 2.32. The van der Waals surface area contributed by atoms with E-state index in [9.17, 15) is 0 Å². The molecule has 3 aromatic heterocycles. The van der Waals surface area contributed by atoms with Gasteiger partial charge in [-0.3, -0.25) is 9.88 Å². The fourth-order valence-electron chi connectivity index (χ4n) is 5.83. The van der Waals surface area contributed by atoms with E-state index in [-0.39, 0.29) is 0 Å². The number of aromatic nitrogens is 3. The molecule has 154 valence electrons. The molecule has 3 aromatic rings. The molecule has 30 heavy (non-hydrogen) atoms. The van der Waals surface area contributed by atoms with Gasteiger partial charge in [-0.25, -0.2) is 4.98 Å². The average molecular weight is 399 g/mol. The Morgan fingerprint density at radius 2 is 2.03 bits per heavy atom. The van der Waals surface area contributed by atoms with Gasteiger partial charge in [-0.05, 0) is 81.3 Å². The molecule has 5 heterocycles. The number of hydrogen-bond acceptors (Lipinski definition) is 3. The van der Waals surface area contributed by atoms with Gasteiger partial charge in [0.2, 0.25) is 0 Å². The maximum atomic E-state index is 4.92. The van der Waals surface area contributed by atoms with Gasteiger partial charge in [-0.2, -0.15) is 0 Å². The van der Waals surface area contributed by atoms with E-state index in [1.807, 2.05) is 6.20 Å². The summed E-state index contributed by atoms with van der Waals surface area (Å²) in [6.07, 6.45) is 13.0. The van der Waals surface area contributed by atoms with Crippen molar-refractivity contribution < 1.29 is 0 Å². The number of allylic oxidation sites excluding steroid dienone is 1. The van der Waals surface area contributed by atoms with Crippen LogP contribution < -0.4 is 0 Å². The molecule has 1 unspecified atom stereocenters. The van der Waals surface area contributed by atoms with Crippen molar-refractivity contribution in [2.45, 2.75) is 71.4 Å². The topological polar surface area (TPSA) is 34.0 Å². The highest BCUT2D eigenvalue weighted by Crippen LogP contribution is 2.38. The SMILES string of the molecule is Cc1cnc2c(c1)c1c(n2/C=C2\CCCc3nc(C)ccc32)CC2CCCCN2C1. The fourth-order valence-corrected chi connectivity index (χ4v) is 5.83. The summed E-state index contributed by atoms with van der Waals surface area (Å²) in [7, 11) is 0. The number of piperidine rings is 1. The van der Waals surface area contributed by atoms with E-state index in [1.165, 1.54) is 71.3 Å². The van der Waals surface area contributed by atoms with Crippen LogP contribution in [0.1, 0.15) is 65.9 Å². The zero-order valence-corrected chi connectivity index (χ0v) is 18.1. The van der Waals surface area contributed by atoms with E-state index < -0.39 is 0 Å². The molecule has 0 saturated carbocycles. The minimum Gasteiger partial charge on any atom is -0.304 e. The third-order valence-corrected chi connectivity index (χ3v) is 7.34. The molecule has 6 rings (SSSR count). The smallest absolute Gasteiger partial charge is 0.144 e. The van der Waals surface area contributed by atoms with Gasteiger partial charge < -0.3 is 4.57 Å². The fraction of sp³-hybridized carbons (Fsp3) is 0.462. The summed E-state index contributed by atoms with van der Waals surface area (Å²) in [6.45, 7) is 6.58. The molecule has 1 aliphatic carbocycles. The highest BCUT2D eigenvalue weighted by atomic mass is 15.2. The first-order valence-corrected chi connectivity index (χ1v) is 11.6. The van der Waals surface area contributed by atoms with Crippen LogP contribution >= 0.6 is 0 Å². The normalized spacial score (nSPS) is 22.7. The number of fused-ring (bicyclic) bond motifs is 5. The predicted octanol–water partition coefficient (Wildman–Crippen LogP) is 5.29. The van der Waals surface area contributed by atoms with E-state index in [0.29, 0.717) is 6.04 Å². The number of pyridine rings is 2. The Hall–Kier alpha value is -2.46. The molecular formula is C26H30N4. The van der Waals surface area contributed by atoms with Crippen LogP contribution in [0.25, 0.3) is 22.8 Å². The Morgan fingerprint density at radius 3 is 2.97 bits per heavy atom. The molecule has 4 heteroatoms. The van der Waals surface area contributed by atoms with Crippen LogP contribution in [0.5, 0.6) is 0 Å². The lowest BCUT2D eigenvalue weighted by Crippen LogP contribution is -2.43. The van der Waals surface area contributed by atoms with Crippen molar-refractivity contribution in [2.75, 3.05) is 6.54 Å². The minimum atomic E-state index is 0.691. The van der Waals surface area contributed by atoms with E-state index in [2.05, 4.69) is 47.7 Å². The van der Waals surface area contributed by atoms with Gasteiger partial charge in [0.25, 0.3) is 0 Å². The van der Waals surface area contributed by atoms with Crippen molar-refractivity contribution >= 4 is 22.8 Å². The van der Waals surface area contributed by atoms with Crippen LogP contribution in [0.2, 0.25) is 0 Å². The number of hydrogen-bond donors (Lipinski definition) is 0. The zero-order valence-electron chi connectivity index (χ0n) is 18.1. The molecule has 0 spiro atoms. The lowest BCUT2D eigenvalue weighted by Gasteiger charge is -2.39. The Morgan fingerprint density at radius 1 is 1.10 bits per heavy atom. The largest absolute Gasteiger partial charge is 0.304 e. The van der Waals surface area contributed by atoms with Crippen molar-refractivity contribution in [1.29, 1.82) is 0 Å².